The van der Waals surface area contributed by atoms with Crippen LogP contribution in [0.3, 0.4) is 0 Å². The summed E-state index contributed by atoms with van der Waals surface area (Å²) in [5, 5.41) is 8.38. The van der Waals surface area contributed by atoms with Crippen LogP contribution in [0.2, 0.25) is 0 Å². The van der Waals surface area contributed by atoms with E-state index in [1.54, 1.807) is 26.6 Å². The van der Waals surface area contributed by atoms with E-state index in [0.717, 1.165) is 43.2 Å². The van der Waals surface area contributed by atoms with E-state index in [1.807, 2.05) is 19.1 Å². The van der Waals surface area contributed by atoms with Crippen LogP contribution in [0, 0.1) is 6.92 Å². The molecule has 0 amide bonds. The van der Waals surface area contributed by atoms with Crippen molar-refractivity contribution in [3.63, 3.8) is 0 Å². The molecule has 0 unspecified atom stereocenters. The average molecular weight is 381 g/mol. The summed E-state index contributed by atoms with van der Waals surface area (Å²) >= 11 is 0. The van der Waals surface area contributed by atoms with Gasteiger partial charge in [0, 0.05) is 19.3 Å². The van der Waals surface area contributed by atoms with E-state index < -0.39 is 0 Å². The molecular formula is C20H23N5O3. The zero-order chi connectivity index (χ0) is 19.5. The number of rotatable bonds is 6. The van der Waals surface area contributed by atoms with Crippen molar-refractivity contribution >= 4 is 0 Å². The SMILES string of the molecule is COc1ccc(CN2CC[C@@H](c3nnc(-c4cnc(C)cn4)o3)C2)cc1OC. The number of benzene rings is 1. The van der Waals surface area contributed by atoms with Crippen LogP contribution in [0.25, 0.3) is 11.6 Å². The van der Waals surface area contributed by atoms with Crippen LogP contribution in [0.5, 0.6) is 11.5 Å². The first-order valence-corrected chi connectivity index (χ1v) is 9.22. The molecule has 0 radical (unpaired) electrons. The molecule has 1 aromatic carbocycles. The topological polar surface area (TPSA) is 86.4 Å². The van der Waals surface area contributed by atoms with Crippen molar-refractivity contribution in [2.45, 2.75) is 25.8 Å². The normalized spacial score (nSPS) is 17.0. The van der Waals surface area contributed by atoms with E-state index >= 15 is 0 Å². The predicted octanol–water partition coefficient (Wildman–Crippen LogP) is 2.84. The smallest absolute Gasteiger partial charge is 0.267 e. The second-order valence-electron chi connectivity index (χ2n) is 6.90. The Morgan fingerprint density at radius 3 is 2.71 bits per heavy atom. The molecule has 28 heavy (non-hydrogen) atoms. The lowest BCUT2D eigenvalue weighted by molar-refractivity contribution is 0.317. The van der Waals surface area contributed by atoms with Gasteiger partial charge in [-0.25, -0.2) is 4.98 Å². The van der Waals surface area contributed by atoms with Gasteiger partial charge in [0.1, 0.15) is 5.69 Å². The second kappa shape index (κ2) is 7.93. The number of ether oxygens (including phenoxy) is 2. The highest BCUT2D eigenvalue weighted by molar-refractivity contribution is 5.44. The summed E-state index contributed by atoms with van der Waals surface area (Å²) in [6.07, 6.45) is 4.33. The van der Waals surface area contributed by atoms with Crippen molar-refractivity contribution in [2.24, 2.45) is 0 Å². The largest absolute Gasteiger partial charge is 0.493 e. The Balaban J connectivity index is 1.41. The van der Waals surface area contributed by atoms with Crippen molar-refractivity contribution in [1.82, 2.24) is 25.1 Å². The molecule has 1 aliphatic rings. The molecule has 4 rings (SSSR count). The second-order valence-corrected chi connectivity index (χ2v) is 6.90. The summed E-state index contributed by atoms with van der Waals surface area (Å²) in [4.78, 5) is 10.9. The molecule has 146 valence electrons. The summed E-state index contributed by atoms with van der Waals surface area (Å²) < 4.78 is 16.6. The Hall–Kier alpha value is -3.00. The van der Waals surface area contributed by atoms with E-state index in [4.69, 9.17) is 13.9 Å². The van der Waals surface area contributed by atoms with Crippen LogP contribution in [-0.2, 0) is 6.54 Å². The van der Waals surface area contributed by atoms with Gasteiger partial charge >= 0.3 is 0 Å². The van der Waals surface area contributed by atoms with Gasteiger partial charge in [-0.15, -0.1) is 10.2 Å². The minimum Gasteiger partial charge on any atom is -0.493 e. The number of methoxy groups -OCH3 is 2. The molecule has 8 heteroatoms. The zero-order valence-electron chi connectivity index (χ0n) is 16.3. The maximum absolute atomic E-state index is 5.87. The van der Waals surface area contributed by atoms with E-state index in [-0.39, 0.29) is 5.92 Å². The molecule has 1 aliphatic heterocycles. The van der Waals surface area contributed by atoms with Gasteiger partial charge in [0.05, 0.1) is 32.0 Å². The van der Waals surface area contributed by atoms with E-state index in [2.05, 4.69) is 31.1 Å². The number of hydrogen-bond donors (Lipinski definition) is 0. The average Bonchev–Trinajstić information content (AvgIpc) is 3.38. The zero-order valence-corrected chi connectivity index (χ0v) is 16.3. The Labute approximate surface area is 163 Å². The standard InChI is InChI=1S/C20H23N5O3/c1-13-9-22-16(10-21-13)20-24-23-19(28-20)15-6-7-25(12-15)11-14-4-5-17(26-2)18(8-14)27-3/h4-5,8-10,15H,6-7,11-12H2,1-3H3/t15-/m1/s1. The number of hydrogen-bond acceptors (Lipinski definition) is 8. The summed E-state index contributed by atoms with van der Waals surface area (Å²) in [6.45, 7) is 4.57. The Kier molecular flexibility index (Phi) is 5.21. The van der Waals surface area contributed by atoms with Gasteiger partial charge in [-0.3, -0.25) is 9.88 Å². The van der Waals surface area contributed by atoms with Gasteiger partial charge < -0.3 is 13.9 Å². The lowest BCUT2D eigenvalue weighted by Gasteiger charge is -2.16. The molecular weight excluding hydrogens is 358 g/mol. The van der Waals surface area contributed by atoms with E-state index in [1.165, 1.54) is 5.56 Å². The van der Waals surface area contributed by atoms with Crippen molar-refractivity contribution in [3.05, 3.63) is 47.7 Å². The third-order valence-corrected chi connectivity index (χ3v) is 4.92. The van der Waals surface area contributed by atoms with Crippen molar-refractivity contribution in [2.75, 3.05) is 27.3 Å². The maximum Gasteiger partial charge on any atom is 0.267 e. The Morgan fingerprint density at radius 1 is 1.11 bits per heavy atom. The fourth-order valence-corrected chi connectivity index (χ4v) is 3.42. The van der Waals surface area contributed by atoms with Gasteiger partial charge in [-0.05, 0) is 37.6 Å². The molecule has 1 atom stereocenters. The first-order valence-electron chi connectivity index (χ1n) is 9.22. The predicted molar refractivity (Wildman–Crippen MR) is 102 cm³/mol. The van der Waals surface area contributed by atoms with Gasteiger partial charge in [-0.2, -0.15) is 0 Å². The summed E-state index contributed by atoms with van der Waals surface area (Å²) in [7, 11) is 3.29. The summed E-state index contributed by atoms with van der Waals surface area (Å²) in [5.41, 5.74) is 2.63. The molecule has 1 saturated heterocycles. The van der Waals surface area contributed by atoms with E-state index in [0.29, 0.717) is 17.5 Å². The minimum atomic E-state index is 0.222. The fourth-order valence-electron chi connectivity index (χ4n) is 3.42. The van der Waals surface area contributed by atoms with Gasteiger partial charge in [0.2, 0.25) is 5.89 Å². The quantitative estimate of drug-likeness (QED) is 0.644. The molecule has 8 nitrogen and oxygen atoms in total. The lowest BCUT2D eigenvalue weighted by atomic mass is 10.1. The molecule has 0 N–H and O–H groups in total. The molecule has 0 spiro atoms. The van der Waals surface area contributed by atoms with Crippen LogP contribution in [-0.4, -0.2) is 52.4 Å². The number of aromatic nitrogens is 4. The minimum absolute atomic E-state index is 0.222. The van der Waals surface area contributed by atoms with Crippen LogP contribution in [0.15, 0.2) is 35.0 Å². The summed E-state index contributed by atoms with van der Waals surface area (Å²) in [6, 6.07) is 6.02. The Bertz CT molecular complexity index is 941. The van der Waals surface area contributed by atoms with Crippen LogP contribution in [0.1, 0.15) is 29.5 Å². The Morgan fingerprint density at radius 2 is 1.96 bits per heavy atom. The van der Waals surface area contributed by atoms with Crippen LogP contribution in [0.4, 0.5) is 0 Å². The summed E-state index contributed by atoms with van der Waals surface area (Å²) in [5.74, 6) is 2.78. The third kappa shape index (κ3) is 3.82. The van der Waals surface area contributed by atoms with Crippen molar-refractivity contribution in [3.8, 4) is 23.1 Å². The molecule has 0 aliphatic carbocycles. The molecule has 1 fully saturated rings. The monoisotopic (exact) mass is 381 g/mol. The maximum atomic E-state index is 5.87. The first kappa shape index (κ1) is 18.4. The van der Waals surface area contributed by atoms with Gasteiger partial charge in [0.25, 0.3) is 5.89 Å². The van der Waals surface area contributed by atoms with Crippen molar-refractivity contribution < 1.29 is 13.9 Å². The molecule has 0 saturated carbocycles. The van der Waals surface area contributed by atoms with Crippen molar-refractivity contribution in [1.29, 1.82) is 0 Å². The highest BCUT2D eigenvalue weighted by Gasteiger charge is 2.28. The number of likely N-dealkylation sites (tertiary alicyclic amines) is 1. The third-order valence-electron chi connectivity index (χ3n) is 4.92. The molecule has 3 aromatic rings. The molecule has 2 aromatic heterocycles. The number of nitrogens with zero attached hydrogens (tertiary/aromatic N) is 5. The first-order chi connectivity index (χ1) is 13.7. The molecule has 0 bridgehead atoms. The fraction of sp³-hybridized carbons (Fsp3) is 0.400. The van der Waals surface area contributed by atoms with Crippen LogP contribution < -0.4 is 9.47 Å². The van der Waals surface area contributed by atoms with Crippen LogP contribution >= 0.6 is 0 Å². The van der Waals surface area contributed by atoms with Gasteiger partial charge in [-0.1, -0.05) is 6.07 Å². The highest BCUT2D eigenvalue weighted by Crippen LogP contribution is 2.31. The number of aryl methyl sites for hydroxylation is 1. The van der Waals surface area contributed by atoms with E-state index in [9.17, 15) is 0 Å². The highest BCUT2D eigenvalue weighted by atomic mass is 16.5. The van der Waals surface area contributed by atoms with Gasteiger partial charge in [0.15, 0.2) is 11.5 Å². The lowest BCUT2D eigenvalue weighted by Crippen LogP contribution is -2.19. The molecule has 3 heterocycles.